The van der Waals surface area contributed by atoms with Crippen molar-refractivity contribution in [3.8, 4) is 0 Å². The van der Waals surface area contributed by atoms with Crippen molar-refractivity contribution in [1.82, 2.24) is 5.32 Å². The summed E-state index contributed by atoms with van der Waals surface area (Å²) in [5.41, 5.74) is 0.537. The maximum Gasteiger partial charge on any atom is 0.00958 e. The summed E-state index contributed by atoms with van der Waals surface area (Å²) in [4.78, 5) is 0. The molecule has 10 heavy (non-hydrogen) atoms. The van der Waals surface area contributed by atoms with Gasteiger partial charge in [-0.3, -0.25) is 0 Å². The Hall–Kier alpha value is -0.0400. The Bertz CT molecular complexity index is 121. The van der Waals surface area contributed by atoms with E-state index in [0.29, 0.717) is 5.41 Å². The van der Waals surface area contributed by atoms with Gasteiger partial charge in [0.15, 0.2) is 0 Å². The average Bonchev–Trinajstić information content (AvgIpc) is 2.10. The predicted octanol–water partition coefficient (Wildman–Crippen LogP) is 2.28. The number of rotatable bonds is 1. The van der Waals surface area contributed by atoms with Crippen molar-refractivity contribution < 1.29 is 1.43 Å². The molecule has 0 amide bonds. The molecular formula is C9H21N. The normalized spacial score (nSPS) is 31.5. The molecule has 62 valence electrons. The van der Waals surface area contributed by atoms with Gasteiger partial charge in [0.05, 0.1) is 0 Å². The molecule has 0 aromatic rings. The summed E-state index contributed by atoms with van der Waals surface area (Å²) < 4.78 is 0. The van der Waals surface area contributed by atoms with Crippen LogP contribution in [0.5, 0.6) is 0 Å². The molecule has 1 heterocycles. The summed E-state index contributed by atoms with van der Waals surface area (Å²) in [7, 11) is 0. The van der Waals surface area contributed by atoms with E-state index in [0.717, 1.165) is 12.0 Å². The molecule has 0 saturated carbocycles. The van der Waals surface area contributed by atoms with Crippen LogP contribution < -0.4 is 5.32 Å². The Labute approximate surface area is 65.7 Å². The van der Waals surface area contributed by atoms with Gasteiger partial charge in [-0.2, -0.15) is 0 Å². The topological polar surface area (TPSA) is 12.0 Å². The highest BCUT2D eigenvalue weighted by atomic mass is 15.0. The molecule has 1 atom stereocenters. The molecule has 0 aromatic carbocycles. The summed E-state index contributed by atoms with van der Waals surface area (Å²) >= 11 is 0. The second-order valence-electron chi connectivity index (χ2n) is 4.60. The molecule has 1 fully saturated rings. The lowest BCUT2D eigenvalue weighted by Crippen LogP contribution is -2.26. The van der Waals surface area contributed by atoms with Gasteiger partial charge in [0.2, 0.25) is 0 Å². The van der Waals surface area contributed by atoms with E-state index < -0.39 is 0 Å². The quantitative estimate of drug-likeness (QED) is 0.594. The molecule has 1 aliphatic heterocycles. The SMILES string of the molecule is CC(C)C1CC(C)(C)CN1.[HH]. The first kappa shape index (κ1) is 8.06. The van der Waals surface area contributed by atoms with Crippen LogP contribution in [0.4, 0.5) is 0 Å². The first-order valence-electron chi connectivity index (χ1n) is 4.25. The Morgan fingerprint density at radius 1 is 1.50 bits per heavy atom. The average molecular weight is 143 g/mol. The van der Waals surface area contributed by atoms with Crippen LogP contribution in [0.15, 0.2) is 0 Å². The fraction of sp³-hybridized carbons (Fsp3) is 1.00. The van der Waals surface area contributed by atoms with Crippen LogP contribution in [-0.2, 0) is 0 Å². The van der Waals surface area contributed by atoms with E-state index in [2.05, 4.69) is 33.0 Å². The maximum absolute atomic E-state index is 3.55. The fourth-order valence-corrected chi connectivity index (χ4v) is 1.62. The van der Waals surface area contributed by atoms with Crippen LogP contribution in [0.2, 0.25) is 0 Å². The first-order chi connectivity index (χ1) is 4.51. The number of hydrogen-bond donors (Lipinski definition) is 1. The Morgan fingerprint density at radius 2 is 2.10 bits per heavy atom. The summed E-state index contributed by atoms with van der Waals surface area (Å²) in [6.45, 7) is 10.4. The highest BCUT2D eigenvalue weighted by Crippen LogP contribution is 2.29. The van der Waals surface area contributed by atoms with Crippen LogP contribution >= 0.6 is 0 Å². The van der Waals surface area contributed by atoms with Crippen molar-refractivity contribution in [2.75, 3.05) is 6.54 Å². The molecule has 0 radical (unpaired) electrons. The van der Waals surface area contributed by atoms with Crippen molar-refractivity contribution >= 4 is 0 Å². The lowest BCUT2D eigenvalue weighted by atomic mass is 9.88. The van der Waals surface area contributed by atoms with Gasteiger partial charge in [0.25, 0.3) is 0 Å². The van der Waals surface area contributed by atoms with Gasteiger partial charge in [-0.15, -0.1) is 0 Å². The van der Waals surface area contributed by atoms with E-state index in [-0.39, 0.29) is 1.43 Å². The van der Waals surface area contributed by atoms with Gasteiger partial charge in [0, 0.05) is 14.0 Å². The molecule has 0 bridgehead atoms. The highest BCUT2D eigenvalue weighted by molar-refractivity contribution is 4.88. The van der Waals surface area contributed by atoms with Crippen molar-refractivity contribution in [2.24, 2.45) is 11.3 Å². The van der Waals surface area contributed by atoms with Crippen LogP contribution in [0.3, 0.4) is 0 Å². The maximum atomic E-state index is 3.55. The van der Waals surface area contributed by atoms with E-state index >= 15 is 0 Å². The molecule has 1 heteroatoms. The Kier molecular flexibility index (Phi) is 2.04. The zero-order valence-corrected chi connectivity index (χ0v) is 7.57. The molecule has 0 aliphatic carbocycles. The number of nitrogens with one attached hydrogen (secondary N) is 1. The Morgan fingerprint density at radius 3 is 2.30 bits per heavy atom. The van der Waals surface area contributed by atoms with Crippen molar-refractivity contribution in [2.45, 2.75) is 40.2 Å². The minimum absolute atomic E-state index is 0. The van der Waals surface area contributed by atoms with E-state index in [9.17, 15) is 0 Å². The van der Waals surface area contributed by atoms with Gasteiger partial charge in [-0.05, 0) is 17.8 Å². The summed E-state index contributed by atoms with van der Waals surface area (Å²) in [5.74, 6) is 0.793. The smallest absolute Gasteiger partial charge is 0.00958 e. The van der Waals surface area contributed by atoms with Gasteiger partial charge in [-0.1, -0.05) is 27.7 Å². The second kappa shape index (κ2) is 2.54. The van der Waals surface area contributed by atoms with Crippen LogP contribution in [0, 0.1) is 11.3 Å². The van der Waals surface area contributed by atoms with E-state index in [4.69, 9.17) is 0 Å². The second-order valence-corrected chi connectivity index (χ2v) is 4.60. The molecule has 1 nitrogen and oxygen atoms in total. The molecule has 1 N–H and O–H groups in total. The largest absolute Gasteiger partial charge is 0.313 e. The standard InChI is InChI=1S/C9H19N.H2/c1-7(2)8-5-9(3,4)6-10-8;/h7-8,10H,5-6H2,1-4H3;1H. The first-order valence-corrected chi connectivity index (χ1v) is 4.25. The van der Waals surface area contributed by atoms with Gasteiger partial charge >= 0.3 is 0 Å². The zero-order chi connectivity index (χ0) is 7.78. The molecular weight excluding hydrogens is 122 g/mol. The minimum atomic E-state index is 0. The molecule has 1 saturated heterocycles. The third-order valence-electron chi connectivity index (χ3n) is 2.42. The fourth-order valence-electron chi connectivity index (χ4n) is 1.62. The molecule has 1 rings (SSSR count). The molecule has 1 aliphatic rings. The predicted molar refractivity (Wildman–Crippen MR) is 47.1 cm³/mol. The monoisotopic (exact) mass is 143 g/mol. The zero-order valence-electron chi connectivity index (χ0n) is 7.57. The van der Waals surface area contributed by atoms with Crippen molar-refractivity contribution in [3.63, 3.8) is 0 Å². The summed E-state index contributed by atoms with van der Waals surface area (Å²) in [6.07, 6.45) is 1.34. The van der Waals surface area contributed by atoms with Gasteiger partial charge in [0.1, 0.15) is 0 Å². The van der Waals surface area contributed by atoms with E-state index in [1.807, 2.05) is 0 Å². The van der Waals surface area contributed by atoms with Gasteiger partial charge < -0.3 is 5.32 Å². The molecule has 0 spiro atoms. The van der Waals surface area contributed by atoms with Gasteiger partial charge in [-0.25, -0.2) is 0 Å². The number of hydrogen-bond acceptors (Lipinski definition) is 1. The summed E-state index contributed by atoms with van der Waals surface area (Å²) in [6, 6.07) is 0.759. The van der Waals surface area contributed by atoms with Crippen LogP contribution in [-0.4, -0.2) is 12.6 Å². The van der Waals surface area contributed by atoms with Crippen LogP contribution in [0.1, 0.15) is 35.5 Å². The van der Waals surface area contributed by atoms with E-state index in [1.54, 1.807) is 0 Å². The third kappa shape index (κ3) is 1.72. The Balaban J connectivity index is 0.000001000. The van der Waals surface area contributed by atoms with Crippen molar-refractivity contribution in [3.05, 3.63) is 0 Å². The molecule has 1 unspecified atom stereocenters. The lowest BCUT2D eigenvalue weighted by molar-refractivity contribution is 0.375. The third-order valence-corrected chi connectivity index (χ3v) is 2.42. The minimum Gasteiger partial charge on any atom is -0.313 e. The summed E-state index contributed by atoms with van der Waals surface area (Å²) in [5, 5.41) is 3.55. The van der Waals surface area contributed by atoms with Crippen LogP contribution in [0.25, 0.3) is 0 Å². The molecule has 0 aromatic heterocycles. The van der Waals surface area contributed by atoms with E-state index in [1.165, 1.54) is 13.0 Å². The highest BCUT2D eigenvalue weighted by Gasteiger charge is 2.31. The lowest BCUT2D eigenvalue weighted by Gasteiger charge is -2.17. The van der Waals surface area contributed by atoms with Crippen molar-refractivity contribution in [1.29, 1.82) is 0 Å².